The van der Waals surface area contributed by atoms with Gasteiger partial charge in [0.05, 0.1) is 17.6 Å². The molecule has 1 N–H and O–H groups in total. The zero-order valence-electron chi connectivity index (χ0n) is 14.0. The lowest BCUT2D eigenvalue weighted by molar-refractivity contribution is -0.137. The summed E-state index contributed by atoms with van der Waals surface area (Å²) in [6.45, 7) is 0. The highest BCUT2D eigenvalue weighted by Gasteiger charge is 2.31. The van der Waals surface area contributed by atoms with E-state index in [-0.39, 0.29) is 21.4 Å². The average Bonchev–Trinajstić information content (AvgIpc) is 3.29. The van der Waals surface area contributed by atoms with Gasteiger partial charge in [0.1, 0.15) is 4.21 Å². The fourth-order valence-corrected chi connectivity index (χ4v) is 4.46. The van der Waals surface area contributed by atoms with E-state index in [0.717, 1.165) is 23.5 Å². The van der Waals surface area contributed by atoms with E-state index in [9.17, 15) is 26.4 Å². The van der Waals surface area contributed by atoms with Gasteiger partial charge in [-0.1, -0.05) is 11.2 Å². The number of hydrogen-bond acceptors (Lipinski definition) is 7. The molecular formula is C16H11F3N2O5S2. The maximum Gasteiger partial charge on any atom is 0.416 e. The van der Waals surface area contributed by atoms with Gasteiger partial charge in [0, 0.05) is 11.8 Å². The number of carbonyl (C=O) groups excluding carboxylic acids is 1. The molecule has 0 radical (unpaired) electrons. The van der Waals surface area contributed by atoms with Crippen molar-refractivity contribution in [1.82, 2.24) is 5.16 Å². The summed E-state index contributed by atoms with van der Waals surface area (Å²) in [5.41, 5.74) is -1.29. The highest BCUT2D eigenvalue weighted by molar-refractivity contribution is 7.94. The van der Waals surface area contributed by atoms with Gasteiger partial charge >= 0.3 is 12.1 Å². The van der Waals surface area contributed by atoms with Crippen LogP contribution in [0.3, 0.4) is 0 Å². The molecule has 12 heteroatoms. The van der Waals surface area contributed by atoms with Gasteiger partial charge in [-0.2, -0.15) is 13.2 Å². The van der Waals surface area contributed by atoms with Crippen molar-refractivity contribution in [1.29, 1.82) is 0 Å². The summed E-state index contributed by atoms with van der Waals surface area (Å²) < 4.78 is 74.7. The van der Waals surface area contributed by atoms with Crippen LogP contribution in [0.4, 0.5) is 18.9 Å². The molecule has 0 aliphatic heterocycles. The SMILES string of the molecule is COC(=O)c1cc(-c2ccc(S(=O)(=O)Nc3cccc(C(F)(F)F)c3)s2)on1. The molecule has 3 aromatic rings. The molecule has 0 bridgehead atoms. The normalized spacial score (nSPS) is 12.0. The first-order valence-electron chi connectivity index (χ1n) is 7.45. The predicted molar refractivity (Wildman–Crippen MR) is 93.4 cm³/mol. The highest BCUT2D eigenvalue weighted by Crippen LogP contribution is 2.34. The molecule has 3 rings (SSSR count). The number of alkyl halides is 3. The van der Waals surface area contributed by atoms with Crippen LogP contribution < -0.4 is 4.72 Å². The molecule has 1 aromatic carbocycles. The standard InChI is InChI=1S/C16H11F3N2O5S2/c1-25-15(22)11-8-12(26-20-11)13-5-6-14(27-13)28(23,24)21-10-4-2-3-9(7-10)16(17,18)19/h2-8,21H,1H3. The number of rotatable bonds is 5. The monoisotopic (exact) mass is 432 g/mol. The summed E-state index contributed by atoms with van der Waals surface area (Å²) in [5, 5.41) is 3.52. The van der Waals surface area contributed by atoms with Gasteiger partial charge in [-0.05, 0) is 30.3 Å². The minimum absolute atomic E-state index is 0.0857. The molecule has 0 unspecified atom stereocenters. The summed E-state index contributed by atoms with van der Waals surface area (Å²) >= 11 is 0.796. The molecule has 0 aliphatic carbocycles. The number of aromatic nitrogens is 1. The van der Waals surface area contributed by atoms with E-state index in [2.05, 4.69) is 14.6 Å². The molecule has 0 saturated carbocycles. The first kappa shape index (κ1) is 19.9. The average molecular weight is 432 g/mol. The Morgan fingerprint density at radius 2 is 1.96 bits per heavy atom. The van der Waals surface area contributed by atoms with Crippen LogP contribution in [-0.2, 0) is 20.9 Å². The van der Waals surface area contributed by atoms with E-state index in [4.69, 9.17) is 4.52 Å². The van der Waals surface area contributed by atoms with Crippen LogP contribution in [0.15, 0.2) is 51.2 Å². The molecule has 28 heavy (non-hydrogen) atoms. The lowest BCUT2D eigenvalue weighted by Crippen LogP contribution is -2.12. The fraction of sp³-hybridized carbons (Fsp3) is 0.125. The third kappa shape index (κ3) is 4.17. The third-order valence-electron chi connectivity index (χ3n) is 3.44. The number of methoxy groups -OCH3 is 1. The molecule has 0 saturated heterocycles. The summed E-state index contributed by atoms with van der Waals surface area (Å²) in [7, 11) is -2.96. The number of anilines is 1. The molecule has 7 nitrogen and oxygen atoms in total. The topological polar surface area (TPSA) is 98.5 Å². The minimum Gasteiger partial charge on any atom is -0.464 e. The lowest BCUT2D eigenvalue weighted by Gasteiger charge is -2.10. The summed E-state index contributed by atoms with van der Waals surface area (Å²) in [6.07, 6.45) is -4.60. The van der Waals surface area contributed by atoms with Gasteiger partial charge in [0.25, 0.3) is 10.0 Å². The van der Waals surface area contributed by atoms with Crippen LogP contribution in [0.5, 0.6) is 0 Å². The van der Waals surface area contributed by atoms with Crippen molar-refractivity contribution >= 4 is 33.0 Å². The van der Waals surface area contributed by atoms with E-state index in [1.807, 2.05) is 0 Å². The summed E-state index contributed by atoms with van der Waals surface area (Å²) in [6, 6.07) is 7.82. The molecule has 0 spiro atoms. The largest absolute Gasteiger partial charge is 0.464 e. The number of nitrogens with zero attached hydrogens (tertiary/aromatic N) is 1. The van der Waals surface area contributed by atoms with Crippen molar-refractivity contribution in [3.8, 4) is 10.6 Å². The van der Waals surface area contributed by atoms with E-state index >= 15 is 0 Å². The Kier molecular flexibility index (Phi) is 5.17. The molecule has 0 aliphatic rings. The van der Waals surface area contributed by atoms with Crippen LogP contribution >= 0.6 is 11.3 Å². The molecule has 0 atom stereocenters. The van der Waals surface area contributed by atoms with Crippen molar-refractivity contribution in [3.63, 3.8) is 0 Å². The van der Waals surface area contributed by atoms with Crippen LogP contribution in [-0.4, -0.2) is 26.7 Å². The molecule has 148 valence electrons. The molecule has 0 fully saturated rings. The second-order valence-corrected chi connectivity index (χ2v) is 8.36. The first-order valence-corrected chi connectivity index (χ1v) is 9.75. The van der Waals surface area contributed by atoms with E-state index in [1.54, 1.807) is 0 Å². The molecule has 2 heterocycles. The van der Waals surface area contributed by atoms with Gasteiger partial charge in [-0.3, -0.25) is 4.72 Å². The lowest BCUT2D eigenvalue weighted by atomic mass is 10.2. The van der Waals surface area contributed by atoms with Crippen LogP contribution in [0, 0.1) is 0 Å². The quantitative estimate of drug-likeness (QED) is 0.612. The Bertz CT molecular complexity index is 1120. The van der Waals surface area contributed by atoms with Crippen molar-refractivity contribution in [2.75, 3.05) is 11.8 Å². The number of nitrogens with one attached hydrogen (secondary N) is 1. The Morgan fingerprint density at radius 3 is 2.64 bits per heavy atom. The molecule has 2 aromatic heterocycles. The number of thiophene rings is 1. The highest BCUT2D eigenvalue weighted by atomic mass is 32.2. The minimum atomic E-state index is -4.60. The van der Waals surface area contributed by atoms with Crippen molar-refractivity contribution in [2.24, 2.45) is 0 Å². The Labute approximate surface area is 160 Å². The maximum atomic E-state index is 12.8. The van der Waals surface area contributed by atoms with Gasteiger partial charge in [0.15, 0.2) is 11.5 Å². The second-order valence-electron chi connectivity index (χ2n) is 5.37. The third-order valence-corrected chi connectivity index (χ3v) is 6.41. The number of esters is 1. The Balaban J connectivity index is 1.84. The smallest absolute Gasteiger partial charge is 0.416 e. The molecular weight excluding hydrogens is 421 g/mol. The van der Waals surface area contributed by atoms with E-state index in [0.29, 0.717) is 10.9 Å². The zero-order chi connectivity index (χ0) is 20.5. The first-order chi connectivity index (χ1) is 13.1. The maximum absolute atomic E-state index is 12.8. The second kappa shape index (κ2) is 7.28. The van der Waals surface area contributed by atoms with Crippen LogP contribution in [0.1, 0.15) is 16.1 Å². The van der Waals surface area contributed by atoms with Crippen molar-refractivity contribution in [3.05, 3.63) is 53.7 Å². The number of benzene rings is 1. The summed E-state index contributed by atoms with van der Waals surface area (Å²) in [5.74, 6) is -0.573. The Hall–Kier alpha value is -2.86. The molecule has 0 amide bonds. The number of ether oxygens (including phenoxy) is 1. The van der Waals surface area contributed by atoms with E-state index in [1.165, 1.54) is 31.4 Å². The van der Waals surface area contributed by atoms with E-state index < -0.39 is 27.7 Å². The van der Waals surface area contributed by atoms with Gasteiger partial charge in [-0.15, -0.1) is 11.3 Å². The number of sulfonamides is 1. The van der Waals surface area contributed by atoms with Crippen molar-refractivity contribution in [2.45, 2.75) is 10.4 Å². The Morgan fingerprint density at radius 1 is 1.21 bits per heavy atom. The van der Waals surface area contributed by atoms with Gasteiger partial charge in [0.2, 0.25) is 0 Å². The number of hydrogen-bond donors (Lipinski definition) is 1. The fourth-order valence-electron chi connectivity index (χ4n) is 2.15. The van der Waals surface area contributed by atoms with Gasteiger partial charge in [-0.25, -0.2) is 13.2 Å². The predicted octanol–water partition coefficient (Wildman–Crippen LogP) is 4.01. The number of halogens is 3. The zero-order valence-corrected chi connectivity index (χ0v) is 15.6. The number of carbonyl (C=O) groups is 1. The van der Waals surface area contributed by atoms with Crippen LogP contribution in [0.25, 0.3) is 10.6 Å². The van der Waals surface area contributed by atoms with Crippen molar-refractivity contribution < 1.29 is 35.6 Å². The summed E-state index contributed by atoms with van der Waals surface area (Å²) in [4.78, 5) is 11.8. The van der Waals surface area contributed by atoms with Gasteiger partial charge < -0.3 is 9.26 Å². The van der Waals surface area contributed by atoms with Crippen LogP contribution in [0.2, 0.25) is 0 Å².